The van der Waals surface area contributed by atoms with Gasteiger partial charge < -0.3 is 19.9 Å². The Balaban J connectivity index is 1.79. The number of hydrogen-bond donors (Lipinski definition) is 2. The molecule has 0 bridgehead atoms. The Labute approximate surface area is 154 Å². The maximum Gasteiger partial charge on any atom is 0.408 e. The Morgan fingerprint density at radius 1 is 1.27 bits per heavy atom. The van der Waals surface area contributed by atoms with Gasteiger partial charge in [0.15, 0.2) is 0 Å². The van der Waals surface area contributed by atoms with Gasteiger partial charge in [0.2, 0.25) is 0 Å². The highest BCUT2D eigenvalue weighted by molar-refractivity contribution is 5.71. The van der Waals surface area contributed by atoms with Crippen molar-refractivity contribution in [3.8, 4) is 0 Å². The van der Waals surface area contributed by atoms with Crippen molar-refractivity contribution in [2.75, 3.05) is 19.6 Å². The van der Waals surface area contributed by atoms with Gasteiger partial charge in [0.1, 0.15) is 12.2 Å². The van der Waals surface area contributed by atoms with Crippen LogP contribution in [0.5, 0.6) is 0 Å². The molecule has 2 N–H and O–H groups in total. The first-order valence-electron chi connectivity index (χ1n) is 8.82. The largest absolute Gasteiger partial charge is 0.460 e. The van der Waals surface area contributed by atoms with Crippen molar-refractivity contribution < 1.29 is 24.2 Å². The molecule has 0 saturated carbocycles. The third kappa shape index (κ3) is 7.01. The lowest BCUT2D eigenvalue weighted by atomic mass is 10.0. The number of carbonyl (C=O) groups is 2. The molecule has 1 aliphatic rings. The van der Waals surface area contributed by atoms with Crippen molar-refractivity contribution in [2.45, 2.75) is 51.5 Å². The summed E-state index contributed by atoms with van der Waals surface area (Å²) in [6, 6.07) is 8.99. The monoisotopic (exact) mass is 364 g/mol. The lowest BCUT2D eigenvalue weighted by molar-refractivity contribution is -0.147. The summed E-state index contributed by atoms with van der Waals surface area (Å²) >= 11 is 0. The number of aliphatic hydroxyl groups is 1. The van der Waals surface area contributed by atoms with E-state index in [9.17, 15) is 14.7 Å². The molecular formula is C19H28N2O5. The third-order valence-corrected chi connectivity index (χ3v) is 3.96. The second kappa shape index (κ2) is 9.00. The average Bonchev–Trinajstić information content (AvgIpc) is 2.55. The van der Waals surface area contributed by atoms with Crippen molar-refractivity contribution in [3.63, 3.8) is 0 Å². The molecule has 1 aliphatic heterocycles. The zero-order valence-corrected chi connectivity index (χ0v) is 15.6. The topological polar surface area (TPSA) is 88.1 Å². The summed E-state index contributed by atoms with van der Waals surface area (Å²) in [5.74, 6) is -0.332. The van der Waals surface area contributed by atoms with Crippen LogP contribution in [0.3, 0.4) is 0 Å². The molecule has 0 aliphatic carbocycles. The molecule has 144 valence electrons. The molecule has 2 rings (SSSR count). The van der Waals surface area contributed by atoms with Crippen LogP contribution in [0.25, 0.3) is 0 Å². The molecule has 1 heterocycles. The molecule has 1 amide bonds. The van der Waals surface area contributed by atoms with Crippen molar-refractivity contribution in [3.05, 3.63) is 35.9 Å². The first kappa shape index (κ1) is 20.2. The summed E-state index contributed by atoms with van der Waals surface area (Å²) < 4.78 is 10.5. The van der Waals surface area contributed by atoms with E-state index in [4.69, 9.17) is 9.47 Å². The minimum atomic E-state index is -0.667. The van der Waals surface area contributed by atoms with E-state index in [0.29, 0.717) is 19.5 Å². The van der Waals surface area contributed by atoms with Gasteiger partial charge in [0.05, 0.1) is 18.7 Å². The quantitative estimate of drug-likeness (QED) is 0.773. The van der Waals surface area contributed by atoms with Gasteiger partial charge in [-0.15, -0.1) is 0 Å². The summed E-state index contributed by atoms with van der Waals surface area (Å²) in [6.07, 6.45) is -0.777. The number of amides is 1. The van der Waals surface area contributed by atoms with Crippen LogP contribution < -0.4 is 5.32 Å². The Morgan fingerprint density at radius 2 is 1.96 bits per heavy atom. The van der Waals surface area contributed by atoms with Crippen LogP contribution in [0.2, 0.25) is 0 Å². The molecule has 0 aromatic heterocycles. The molecule has 1 fully saturated rings. The molecule has 2 unspecified atom stereocenters. The second-order valence-corrected chi connectivity index (χ2v) is 7.49. The van der Waals surface area contributed by atoms with Crippen LogP contribution in [0, 0.1) is 0 Å². The van der Waals surface area contributed by atoms with E-state index >= 15 is 0 Å². The summed E-state index contributed by atoms with van der Waals surface area (Å²) in [7, 11) is 0. The highest BCUT2D eigenvalue weighted by atomic mass is 16.6. The fraction of sp³-hybridized carbons (Fsp3) is 0.579. The Hall–Kier alpha value is -2.12. The smallest absolute Gasteiger partial charge is 0.408 e. The standard InChI is InChI=1S/C19H28N2O5/c1-19(2,3)26-18(24)20-15-11-21(10-9-16(15)22)12-17(23)25-13-14-7-5-4-6-8-14/h4-8,15-16,22H,9-13H2,1-3H3,(H,20,24). The Bertz CT molecular complexity index is 600. The molecular weight excluding hydrogens is 336 g/mol. The van der Waals surface area contributed by atoms with Gasteiger partial charge in [0, 0.05) is 13.1 Å². The van der Waals surface area contributed by atoms with Crippen molar-refractivity contribution in [1.29, 1.82) is 0 Å². The van der Waals surface area contributed by atoms with Crippen LogP contribution in [0.4, 0.5) is 4.79 Å². The predicted octanol–water partition coefficient (Wildman–Crippen LogP) is 1.69. The number of ether oxygens (including phenoxy) is 2. The van der Waals surface area contributed by atoms with E-state index in [2.05, 4.69) is 5.32 Å². The third-order valence-electron chi connectivity index (χ3n) is 3.96. The molecule has 0 radical (unpaired) electrons. The Kier molecular flexibility index (Phi) is 6.99. The number of aliphatic hydroxyl groups excluding tert-OH is 1. The second-order valence-electron chi connectivity index (χ2n) is 7.49. The zero-order chi connectivity index (χ0) is 19.2. The average molecular weight is 364 g/mol. The molecule has 1 saturated heterocycles. The molecule has 26 heavy (non-hydrogen) atoms. The maximum absolute atomic E-state index is 12.0. The maximum atomic E-state index is 12.0. The van der Waals surface area contributed by atoms with Crippen LogP contribution in [0.1, 0.15) is 32.8 Å². The molecule has 2 atom stereocenters. The number of esters is 1. The minimum absolute atomic E-state index is 0.117. The molecule has 0 spiro atoms. The number of likely N-dealkylation sites (tertiary alicyclic amines) is 1. The molecule has 1 aromatic rings. The van der Waals surface area contributed by atoms with E-state index in [1.165, 1.54) is 0 Å². The summed E-state index contributed by atoms with van der Waals surface area (Å²) in [5.41, 5.74) is 0.323. The normalized spacial score (nSPS) is 21.1. The van der Waals surface area contributed by atoms with Crippen LogP contribution in [-0.2, 0) is 20.9 Å². The number of nitrogens with zero attached hydrogens (tertiary/aromatic N) is 1. The first-order chi connectivity index (χ1) is 12.2. The number of hydrogen-bond acceptors (Lipinski definition) is 6. The van der Waals surface area contributed by atoms with Gasteiger partial charge >= 0.3 is 12.1 Å². The summed E-state index contributed by atoms with van der Waals surface area (Å²) in [4.78, 5) is 25.8. The Morgan fingerprint density at radius 3 is 2.62 bits per heavy atom. The fourth-order valence-electron chi connectivity index (χ4n) is 2.72. The van der Waals surface area contributed by atoms with Crippen molar-refractivity contribution in [1.82, 2.24) is 10.2 Å². The fourth-order valence-corrected chi connectivity index (χ4v) is 2.72. The van der Waals surface area contributed by atoms with E-state index in [1.54, 1.807) is 20.8 Å². The number of nitrogens with one attached hydrogen (secondary N) is 1. The summed E-state index contributed by atoms with van der Waals surface area (Å²) in [6.45, 7) is 6.60. The first-order valence-corrected chi connectivity index (χ1v) is 8.82. The number of alkyl carbamates (subject to hydrolysis) is 1. The van der Waals surface area contributed by atoms with Crippen LogP contribution in [-0.4, -0.2) is 59.5 Å². The van der Waals surface area contributed by atoms with E-state index in [0.717, 1.165) is 5.56 Å². The van der Waals surface area contributed by atoms with Gasteiger partial charge in [-0.05, 0) is 32.8 Å². The van der Waals surface area contributed by atoms with Crippen LogP contribution >= 0.6 is 0 Å². The lowest BCUT2D eigenvalue weighted by Crippen LogP contribution is -2.56. The molecule has 7 heteroatoms. The number of rotatable bonds is 5. The SMILES string of the molecule is CC(C)(C)OC(=O)NC1CN(CC(=O)OCc2ccccc2)CCC1O. The van der Waals surface area contributed by atoms with Crippen molar-refractivity contribution in [2.24, 2.45) is 0 Å². The highest BCUT2D eigenvalue weighted by Crippen LogP contribution is 2.13. The van der Waals surface area contributed by atoms with Crippen molar-refractivity contribution >= 4 is 12.1 Å². The number of benzene rings is 1. The van der Waals surface area contributed by atoms with Gasteiger partial charge in [0.25, 0.3) is 0 Å². The number of piperidine rings is 1. The van der Waals surface area contributed by atoms with Gasteiger partial charge in [-0.3, -0.25) is 9.69 Å². The van der Waals surface area contributed by atoms with Gasteiger partial charge in [-0.1, -0.05) is 30.3 Å². The van der Waals surface area contributed by atoms with Gasteiger partial charge in [-0.2, -0.15) is 0 Å². The van der Waals surface area contributed by atoms with E-state index < -0.39 is 23.8 Å². The summed E-state index contributed by atoms with van der Waals surface area (Å²) in [5, 5.41) is 12.8. The highest BCUT2D eigenvalue weighted by Gasteiger charge is 2.31. The lowest BCUT2D eigenvalue weighted by Gasteiger charge is -2.36. The van der Waals surface area contributed by atoms with Gasteiger partial charge in [-0.25, -0.2) is 4.79 Å². The predicted molar refractivity (Wildman–Crippen MR) is 96.5 cm³/mol. The zero-order valence-electron chi connectivity index (χ0n) is 15.6. The minimum Gasteiger partial charge on any atom is -0.460 e. The van der Waals surface area contributed by atoms with E-state index in [-0.39, 0.29) is 19.1 Å². The van der Waals surface area contributed by atoms with E-state index in [1.807, 2.05) is 35.2 Å². The van der Waals surface area contributed by atoms with Crippen LogP contribution in [0.15, 0.2) is 30.3 Å². The molecule has 1 aromatic carbocycles. The molecule has 7 nitrogen and oxygen atoms in total. The number of carbonyl (C=O) groups excluding carboxylic acids is 2.